The van der Waals surface area contributed by atoms with Gasteiger partial charge in [-0.25, -0.2) is 4.98 Å². The molecule has 1 fully saturated rings. The Labute approximate surface area is 135 Å². The Kier molecular flexibility index (Phi) is 3.62. The minimum absolute atomic E-state index is 0.577. The highest BCUT2D eigenvalue weighted by Crippen LogP contribution is 2.36. The van der Waals surface area contributed by atoms with E-state index in [2.05, 4.69) is 52.5 Å². The largest absolute Gasteiger partial charge is 0.367 e. The molecule has 0 bridgehead atoms. The van der Waals surface area contributed by atoms with Crippen molar-refractivity contribution in [2.75, 3.05) is 5.32 Å². The van der Waals surface area contributed by atoms with Crippen LogP contribution in [0, 0.1) is 6.92 Å². The number of aromatic nitrogens is 2. The molecular formula is C18H21N3S. The van der Waals surface area contributed by atoms with Gasteiger partial charge in [-0.1, -0.05) is 25.3 Å². The molecule has 1 N–H and O–H groups in total. The molecule has 4 heteroatoms. The lowest BCUT2D eigenvalue weighted by atomic mass is 9.95. The third-order valence-electron chi connectivity index (χ3n) is 4.55. The Morgan fingerprint density at radius 1 is 1.18 bits per heavy atom. The predicted octanol–water partition coefficient (Wildman–Crippen LogP) is 5.12. The fraction of sp³-hybridized carbons (Fsp3) is 0.389. The average Bonchev–Trinajstić information content (AvgIpc) is 3.12. The van der Waals surface area contributed by atoms with Gasteiger partial charge in [0, 0.05) is 12.2 Å². The molecule has 1 aliphatic rings. The number of fused-ring (bicyclic) bond motifs is 1. The summed E-state index contributed by atoms with van der Waals surface area (Å²) in [5, 5.41) is 5.95. The average molecular weight is 311 g/mol. The number of rotatable bonds is 3. The molecule has 0 saturated heterocycles. The summed E-state index contributed by atoms with van der Waals surface area (Å²) in [7, 11) is 0. The fourth-order valence-corrected chi connectivity index (χ4v) is 4.26. The molecule has 0 aliphatic heterocycles. The number of imidazole rings is 1. The van der Waals surface area contributed by atoms with Gasteiger partial charge in [-0.3, -0.25) is 4.40 Å². The van der Waals surface area contributed by atoms with Crippen LogP contribution in [-0.4, -0.2) is 15.4 Å². The number of thiophene rings is 1. The number of pyridine rings is 1. The van der Waals surface area contributed by atoms with Crippen LogP contribution in [0.2, 0.25) is 0 Å². The summed E-state index contributed by atoms with van der Waals surface area (Å²) >= 11 is 1.78. The first-order valence-electron chi connectivity index (χ1n) is 8.11. The van der Waals surface area contributed by atoms with Crippen LogP contribution in [0.1, 0.15) is 37.7 Å². The summed E-state index contributed by atoms with van der Waals surface area (Å²) < 4.78 is 2.20. The molecule has 0 atom stereocenters. The Hall–Kier alpha value is -1.81. The quantitative estimate of drug-likeness (QED) is 0.728. The topological polar surface area (TPSA) is 29.3 Å². The van der Waals surface area contributed by atoms with E-state index in [1.165, 1.54) is 42.5 Å². The van der Waals surface area contributed by atoms with Crippen LogP contribution in [-0.2, 0) is 0 Å². The zero-order valence-electron chi connectivity index (χ0n) is 12.9. The first kappa shape index (κ1) is 13.8. The van der Waals surface area contributed by atoms with Crippen LogP contribution in [0.15, 0.2) is 35.8 Å². The second-order valence-electron chi connectivity index (χ2n) is 6.15. The molecule has 0 spiro atoms. The SMILES string of the molecule is Cc1ccsc1-c1nc2ccccn2c1NC1CCCCC1. The molecule has 0 aromatic carbocycles. The Morgan fingerprint density at radius 2 is 2.05 bits per heavy atom. The van der Waals surface area contributed by atoms with Gasteiger partial charge in [0.05, 0.1) is 4.88 Å². The number of nitrogens with one attached hydrogen (secondary N) is 1. The molecule has 3 heterocycles. The van der Waals surface area contributed by atoms with Crippen molar-refractivity contribution in [3.05, 3.63) is 41.4 Å². The Morgan fingerprint density at radius 3 is 2.82 bits per heavy atom. The van der Waals surface area contributed by atoms with E-state index in [0.29, 0.717) is 6.04 Å². The van der Waals surface area contributed by atoms with Crippen molar-refractivity contribution in [3.8, 4) is 10.6 Å². The van der Waals surface area contributed by atoms with E-state index in [-0.39, 0.29) is 0 Å². The van der Waals surface area contributed by atoms with Gasteiger partial charge < -0.3 is 5.32 Å². The van der Waals surface area contributed by atoms with Gasteiger partial charge in [0.1, 0.15) is 17.2 Å². The van der Waals surface area contributed by atoms with Crippen LogP contribution >= 0.6 is 11.3 Å². The molecule has 0 amide bonds. The lowest BCUT2D eigenvalue weighted by Gasteiger charge is -2.24. The highest BCUT2D eigenvalue weighted by molar-refractivity contribution is 7.13. The highest BCUT2D eigenvalue weighted by atomic mass is 32.1. The third-order valence-corrected chi connectivity index (χ3v) is 5.58. The number of hydrogen-bond acceptors (Lipinski definition) is 3. The molecular weight excluding hydrogens is 290 g/mol. The maximum atomic E-state index is 4.89. The van der Waals surface area contributed by atoms with Crippen molar-refractivity contribution in [2.24, 2.45) is 0 Å². The van der Waals surface area contributed by atoms with Crippen molar-refractivity contribution in [3.63, 3.8) is 0 Å². The third kappa shape index (κ3) is 2.41. The normalized spacial score (nSPS) is 16.2. The second kappa shape index (κ2) is 5.76. The second-order valence-corrected chi connectivity index (χ2v) is 7.07. The summed E-state index contributed by atoms with van der Waals surface area (Å²) in [4.78, 5) is 6.17. The van der Waals surface area contributed by atoms with Gasteiger partial charge >= 0.3 is 0 Å². The van der Waals surface area contributed by atoms with Crippen molar-refractivity contribution in [1.29, 1.82) is 0 Å². The van der Waals surface area contributed by atoms with E-state index in [1.807, 2.05) is 0 Å². The van der Waals surface area contributed by atoms with Gasteiger partial charge in [0.2, 0.25) is 0 Å². The highest BCUT2D eigenvalue weighted by Gasteiger charge is 2.20. The number of hydrogen-bond donors (Lipinski definition) is 1. The molecule has 0 unspecified atom stereocenters. The summed E-state index contributed by atoms with van der Waals surface area (Å²) in [5.74, 6) is 1.16. The lowest BCUT2D eigenvalue weighted by Crippen LogP contribution is -2.23. The van der Waals surface area contributed by atoms with E-state index in [4.69, 9.17) is 4.98 Å². The molecule has 22 heavy (non-hydrogen) atoms. The lowest BCUT2D eigenvalue weighted by molar-refractivity contribution is 0.462. The van der Waals surface area contributed by atoms with E-state index in [0.717, 1.165) is 17.2 Å². The van der Waals surface area contributed by atoms with Gasteiger partial charge in [0.25, 0.3) is 0 Å². The molecule has 3 nitrogen and oxygen atoms in total. The summed E-state index contributed by atoms with van der Waals surface area (Å²) in [6, 6.07) is 8.96. The molecule has 1 aliphatic carbocycles. The van der Waals surface area contributed by atoms with Gasteiger partial charge in [-0.2, -0.15) is 0 Å². The fourth-order valence-electron chi connectivity index (χ4n) is 3.35. The van der Waals surface area contributed by atoms with Crippen molar-refractivity contribution < 1.29 is 0 Å². The van der Waals surface area contributed by atoms with Crippen molar-refractivity contribution >= 4 is 22.8 Å². The van der Waals surface area contributed by atoms with E-state index in [1.54, 1.807) is 11.3 Å². The number of nitrogens with zero attached hydrogens (tertiary/aromatic N) is 2. The van der Waals surface area contributed by atoms with E-state index >= 15 is 0 Å². The zero-order chi connectivity index (χ0) is 14.9. The van der Waals surface area contributed by atoms with Gasteiger partial charge in [-0.05, 0) is 48.9 Å². The summed E-state index contributed by atoms with van der Waals surface area (Å²) in [6.45, 7) is 2.17. The number of anilines is 1. The Balaban J connectivity index is 1.81. The zero-order valence-corrected chi connectivity index (χ0v) is 13.7. The van der Waals surface area contributed by atoms with Gasteiger partial charge in [0.15, 0.2) is 0 Å². The Bertz CT molecular complexity index is 781. The predicted molar refractivity (Wildman–Crippen MR) is 93.7 cm³/mol. The molecule has 4 rings (SSSR count). The molecule has 1 saturated carbocycles. The summed E-state index contributed by atoms with van der Waals surface area (Å²) in [5.41, 5.74) is 3.42. The van der Waals surface area contributed by atoms with Crippen molar-refractivity contribution in [1.82, 2.24) is 9.38 Å². The van der Waals surface area contributed by atoms with Crippen LogP contribution in [0.25, 0.3) is 16.2 Å². The molecule has 3 aromatic rings. The monoisotopic (exact) mass is 311 g/mol. The smallest absolute Gasteiger partial charge is 0.139 e. The molecule has 3 aromatic heterocycles. The van der Waals surface area contributed by atoms with Crippen LogP contribution in [0.4, 0.5) is 5.82 Å². The molecule has 114 valence electrons. The minimum Gasteiger partial charge on any atom is -0.367 e. The first-order valence-corrected chi connectivity index (χ1v) is 8.99. The standard InChI is InChI=1S/C18H21N3S/c1-13-10-12-22-17(13)16-18(19-14-7-3-2-4-8-14)21-11-6-5-9-15(21)20-16/h5-6,9-12,14,19H,2-4,7-8H2,1H3. The van der Waals surface area contributed by atoms with Crippen LogP contribution in [0.5, 0.6) is 0 Å². The van der Waals surface area contributed by atoms with E-state index < -0.39 is 0 Å². The first-order chi connectivity index (χ1) is 10.8. The maximum Gasteiger partial charge on any atom is 0.139 e. The van der Waals surface area contributed by atoms with Gasteiger partial charge in [-0.15, -0.1) is 11.3 Å². The van der Waals surface area contributed by atoms with E-state index in [9.17, 15) is 0 Å². The molecule has 0 radical (unpaired) electrons. The minimum atomic E-state index is 0.577. The van der Waals surface area contributed by atoms with Crippen LogP contribution in [0.3, 0.4) is 0 Å². The maximum absolute atomic E-state index is 4.89. The summed E-state index contributed by atoms with van der Waals surface area (Å²) in [6.07, 6.45) is 8.69. The van der Waals surface area contributed by atoms with Crippen LogP contribution < -0.4 is 5.32 Å². The van der Waals surface area contributed by atoms with Crippen molar-refractivity contribution in [2.45, 2.75) is 45.1 Å². The number of aryl methyl sites for hydroxylation is 1.